The predicted octanol–water partition coefficient (Wildman–Crippen LogP) is -0.433. The van der Waals surface area contributed by atoms with Crippen LogP contribution in [0.1, 0.15) is 13.8 Å². The van der Waals surface area contributed by atoms with E-state index in [0.717, 1.165) is 5.75 Å². The molecule has 5 heteroatoms. The van der Waals surface area contributed by atoms with E-state index in [1.54, 1.807) is 6.92 Å². The van der Waals surface area contributed by atoms with Gasteiger partial charge in [0.25, 0.3) is 0 Å². The highest BCUT2D eigenvalue weighted by Gasteiger charge is 2.41. The molecule has 0 bridgehead atoms. The van der Waals surface area contributed by atoms with Gasteiger partial charge in [0.05, 0.1) is 6.10 Å². The molecule has 0 unspecified atom stereocenters. The van der Waals surface area contributed by atoms with Gasteiger partial charge < -0.3 is 20.1 Å². The summed E-state index contributed by atoms with van der Waals surface area (Å²) in [5, 5.41) is 28.3. The summed E-state index contributed by atoms with van der Waals surface area (Å²) in [6, 6.07) is 0. The number of hydrogen-bond donors (Lipinski definition) is 3. The Bertz CT molecular complexity index is 166. The Morgan fingerprint density at radius 3 is 2.31 bits per heavy atom. The van der Waals surface area contributed by atoms with Crippen molar-refractivity contribution in [1.29, 1.82) is 0 Å². The maximum atomic E-state index is 9.50. The summed E-state index contributed by atoms with van der Waals surface area (Å²) in [4.78, 5) is 0. The van der Waals surface area contributed by atoms with Crippen molar-refractivity contribution in [2.75, 3.05) is 5.75 Å². The number of ether oxygens (including phenoxy) is 1. The van der Waals surface area contributed by atoms with Crippen molar-refractivity contribution in [3.63, 3.8) is 0 Å². The number of rotatable bonds is 2. The third kappa shape index (κ3) is 2.35. The highest BCUT2D eigenvalue weighted by Crippen LogP contribution is 2.27. The van der Waals surface area contributed by atoms with Crippen molar-refractivity contribution in [1.82, 2.24) is 0 Å². The Morgan fingerprint density at radius 1 is 1.15 bits per heavy atom. The average Bonchev–Trinajstić information content (AvgIpc) is 2.11. The molecular formula is C8H16O4S. The van der Waals surface area contributed by atoms with Crippen LogP contribution in [0, 0.1) is 0 Å². The molecule has 0 aliphatic carbocycles. The number of aliphatic hydroxyl groups is 3. The van der Waals surface area contributed by atoms with Gasteiger partial charge in [0, 0.05) is 0 Å². The summed E-state index contributed by atoms with van der Waals surface area (Å²) in [6.45, 7) is 3.63. The zero-order chi connectivity index (χ0) is 10.0. The van der Waals surface area contributed by atoms with Crippen LogP contribution in [0.5, 0.6) is 0 Å². The molecule has 1 aliphatic rings. The van der Waals surface area contributed by atoms with Gasteiger partial charge in [0.15, 0.2) is 0 Å². The summed E-state index contributed by atoms with van der Waals surface area (Å²) >= 11 is 1.43. The molecule has 1 rings (SSSR count). The van der Waals surface area contributed by atoms with Gasteiger partial charge in [-0.3, -0.25) is 0 Å². The van der Waals surface area contributed by atoms with Gasteiger partial charge >= 0.3 is 0 Å². The molecule has 0 aromatic rings. The molecule has 1 aliphatic heterocycles. The van der Waals surface area contributed by atoms with E-state index < -0.39 is 29.9 Å². The lowest BCUT2D eigenvalue weighted by atomic mass is 10.0. The zero-order valence-electron chi connectivity index (χ0n) is 7.75. The van der Waals surface area contributed by atoms with Gasteiger partial charge in [-0.15, -0.1) is 11.8 Å². The van der Waals surface area contributed by atoms with E-state index in [4.69, 9.17) is 4.74 Å². The molecule has 1 saturated heterocycles. The van der Waals surface area contributed by atoms with Gasteiger partial charge in [-0.2, -0.15) is 0 Å². The minimum absolute atomic E-state index is 0.428. The Labute approximate surface area is 81.9 Å². The van der Waals surface area contributed by atoms with Crippen molar-refractivity contribution in [2.45, 2.75) is 43.7 Å². The van der Waals surface area contributed by atoms with Gasteiger partial charge in [0.1, 0.15) is 23.7 Å². The first-order chi connectivity index (χ1) is 6.07. The maximum Gasteiger partial charge on any atom is 0.132 e. The molecule has 0 aromatic heterocycles. The van der Waals surface area contributed by atoms with Crippen LogP contribution in [-0.2, 0) is 4.74 Å². The molecule has 0 saturated carbocycles. The fraction of sp³-hybridized carbons (Fsp3) is 1.00. The third-order valence-corrected chi connectivity index (χ3v) is 3.19. The predicted molar refractivity (Wildman–Crippen MR) is 50.5 cm³/mol. The van der Waals surface area contributed by atoms with Crippen LogP contribution in [-0.4, -0.2) is 50.9 Å². The molecule has 3 N–H and O–H groups in total. The minimum Gasteiger partial charge on any atom is -0.388 e. The highest BCUT2D eigenvalue weighted by molar-refractivity contribution is 7.99. The van der Waals surface area contributed by atoms with Crippen molar-refractivity contribution >= 4 is 11.8 Å². The van der Waals surface area contributed by atoms with Gasteiger partial charge in [0.2, 0.25) is 0 Å². The smallest absolute Gasteiger partial charge is 0.132 e. The SMILES string of the molecule is CCS[C@H]1O[C@@H](C)[C@H](O)[C@@H](O)[C@@H]1O. The van der Waals surface area contributed by atoms with E-state index in [9.17, 15) is 15.3 Å². The summed E-state index contributed by atoms with van der Waals surface area (Å²) < 4.78 is 5.32. The number of hydrogen-bond acceptors (Lipinski definition) is 5. The quantitative estimate of drug-likeness (QED) is 0.574. The lowest BCUT2D eigenvalue weighted by Crippen LogP contribution is -2.55. The van der Waals surface area contributed by atoms with Crippen LogP contribution in [0.15, 0.2) is 0 Å². The van der Waals surface area contributed by atoms with Crippen LogP contribution in [0.25, 0.3) is 0 Å². The van der Waals surface area contributed by atoms with Crippen LogP contribution in [0.2, 0.25) is 0 Å². The Balaban J connectivity index is 2.59. The second-order valence-corrected chi connectivity index (χ2v) is 4.51. The molecule has 13 heavy (non-hydrogen) atoms. The number of thioether (sulfide) groups is 1. The topological polar surface area (TPSA) is 69.9 Å². The summed E-state index contributed by atoms with van der Waals surface area (Å²) in [6.07, 6.45) is -3.53. The standard InChI is InChI=1S/C8H16O4S/c1-3-13-8-7(11)6(10)5(9)4(2)12-8/h4-11H,3H2,1-2H3/t4-,5-,6+,7-,8+/m0/s1. The molecule has 5 atom stereocenters. The normalized spacial score (nSPS) is 46.4. The van der Waals surface area contributed by atoms with Crippen LogP contribution >= 0.6 is 11.8 Å². The molecule has 0 radical (unpaired) electrons. The molecule has 0 aromatic carbocycles. The van der Waals surface area contributed by atoms with E-state index in [-0.39, 0.29) is 0 Å². The van der Waals surface area contributed by atoms with Crippen molar-refractivity contribution in [2.24, 2.45) is 0 Å². The number of aliphatic hydroxyl groups excluding tert-OH is 3. The van der Waals surface area contributed by atoms with Gasteiger partial charge in [-0.25, -0.2) is 0 Å². The Hall–Kier alpha value is 0.190. The molecule has 78 valence electrons. The van der Waals surface area contributed by atoms with Crippen molar-refractivity contribution in [3.05, 3.63) is 0 Å². The van der Waals surface area contributed by atoms with E-state index in [0.29, 0.717) is 0 Å². The summed E-state index contributed by atoms with van der Waals surface area (Å²) in [5.74, 6) is 0.803. The zero-order valence-corrected chi connectivity index (χ0v) is 8.57. The lowest BCUT2D eigenvalue weighted by Gasteiger charge is -2.38. The highest BCUT2D eigenvalue weighted by atomic mass is 32.2. The van der Waals surface area contributed by atoms with Gasteiger partial charge in [-0.05, 0) is 12.7 Å². The molecule has 4 nitrogen and oxygen atoms in total. The van der Waals surface area contributed by atoms with E-state index in [2.05, 4.69) is 0 Å². The third-order valence-electron chi connectivity index (χ3n) is 2.14. The largest absolute Gasteiger partial charge is 0.388 e. The van der Waals surface area contributed by atoms with E-state index in [1.165, 1.54) is 11.8 Å². The first-order valence-corrected chi connectivity index (χ1v) is 5.44. The molecule has 0 amide bonds. The van der Waals surface area contributed by atoms with Crippen LogP contribution in [0.4, 0.5) is 0 Å². The first kappa shape index (κ1) is 11.3. The Kier molecular flexibility index (Phi) is 4.00. The average molecular weight is 208 g/mol. The monoisotopic (exact) mass is 208 g/mol. The molecule has 0 spiro atoms. The molecule has 1 fully saturated rings. The van der Waals surface area contributed by atoms with Crippen molar-refractivity contribution < 1.29 is 20.1 Å². The Morgan fingerprint density at radius 2 is 1.77 bits per heavy atom. The fourth-order valence-corrected chi connectivity index (χ4v) is 2.26. The van der Waals surface area contributed by atoms with Crippen LogP contribution in [0.3, 0.4) is 0 Å². The van der Waals surface area contributed by atoms with Gasteiger partial charge in [-0.1, -0.05) is 6.92 Å². The summed E-state index contributed by atoms with van der Waals surface area (Å²) in [5.41, 5.74) is -0.432. The maximum absolute atomic E-state index is 9.50. The minimum atomic E-state index is -1.10. The van der Waals surface area contributed by atoms with E-state index >= 15 is 0 Å². The first-order valence-electron chi connectivity index (χ1n) is 4.39. The molecule has 1 heterocycles. The van der Waals surface area contributed by atoms with Crippen molar-refractivity contribution in [3.8, 4) is 0 Å². The second kappa shape index (κ2) is 4.61. The molecular weight excluding hydrogens is 192 g/mol. The summed E-state index contributed by atoms with van der Waals surface area (Å²) in [7, 11) is 0. The van der Waals surface area contributed by atoms with E-state index in [1.807, 2.05) is 6.92 Å². The lowest BCUT2D eigenvalue weighted by molar-refractivity contribution is -0.192. The van der Waals surface area contributed by atoms with Crippen LogP contribution < -0.4 is 0 Å². The second-order valence-electron chi connectivity index (χ2n) is 3.14. The fourth-order valence-electron chi connectivity index (χ4n) is 1.32.